The van der Waals surface area contributed by atoms with Crippen LogP contribution >= 0.6 is 27.3 Å². The molecule has 0 bridgehead atoms. The molecule has 0 saturated heterocycles. The highest BCUT2D eigenvalue weighted by atomic mass is 79.9. The molecule has 1 heterocycles. The third-order valence-corrected chi connectivity index (χ3v) is 4.38. The fraction of sp³-hybridized carbons (Fsp3) is 0.500. The zero-order chi connectivity index (χ0) is 13.7. The molecule has 6 heteroatoms. The summed E-state index contributed by atoms with van der Waals surface area (Å²) in [5.74, 6) is -1.32. The summed E-state index contributed by atoms with van der Waals surface area (Å²) in [5.41, 5.74) is 0. The lowest BCUT2D eigenvalue weighted by molar-refractivity contribution is -0.143. The molecule has 0 aliphatic rings. The lowest BCUT2D eigenvalue weighted by Gasteiger charge is -2.19. The highest BCUT2D eigenvalue weighted by Crippen LogP contribution is 2.22. The van der Waals surface area contributed by atoms with Crippen molar-refractivity contribution in [3.63, 3.8) is 0 Å². The Bertz CT molecular complexity index is 433. The maximum Gasteiger partial charge on any atom is 0.326 e. The molecule has 0 spiro atoms. The minimum absolute atomic E-state index is 0.0819. The Kier molecular flexibility index (Phi) is 5.81. The van der Waals surface area contributed by atoms with Crippen molar-refractivity contribution in [2.24, 2.45) is 5.92 Å². The first-order valence-electron chi connectivity index (χ1n) is 5.70. The Labute approximate surface area is 119 Å². The zero-order valence-electron chi connectivity index (χ0n) is 10.3. The van der Waals surface area contributed by atoms with E-state index < -0.39 is 12.0 Å². The number of aliphatic carboxylic acids is 1. The van der Waals surface area contributed by atoms with E-state index in [-0.39, 0.29) is 18.2 Å². The highest BCUT2D eigenvalue weighted by Gasteiger charge is 2.25. The van der Waals surface area contributed by atoms with Gasteiger partial charge in [0.15, 0.2) is 0 Å². The SMILES string of the molecule is CC[C@H](C)[C@H](NC(=O)Cc1ccc(Br)s1)C(=O)O. The Morgan fingerprint density at radius 1 is 1.50 bits per heavy atom. The van der Waals surface area contributed by atoms with Gasteiger partial charge in [-0.3, -0.25) is 4.79 Å². The average molecular weight is 334 g/mol. The van der Waals surface area contributed by atoms with Crippen molar-refractivity contribution in [3.05, 3.63) is 20.8 Å². The number of hydrogen-bond donors (Lipinski definition) is 2. The van der Waals surface area contributed by atoms with Crippen LogP contribution in [0, 0.1) is 5.92 Å². The smallest absolute Gasteiger partial charge is 0.326 e. The summed E-state index contributed by atoms with van der Waals surface area (Å²) in [6, 6.07) is 2.91. The van der Waals surface area contributed by atoms with Gasteiger partial charge in [0.25, 0.3) is 0 Å². The van der Waals surface area contributed by atoms with Crippen LogP contribution in [-0.4, -0.2) is 23.0 Å². The molecule has 100 valence electrons. The van der Waals surface area contributed by atoms with Crippen molar-refractivity contribution in [1.29, 1.82) is 0 Å². The van der Waals surface area contributed by atoms with E-state index in [4.69, 9.17) is 5.11 Å². The molecule has 0 aromatic carbocycles. The molecule has 1 rings (SSSR count). The molecular weight excluding hydrogens is 318 g/mol. The molecule has 0 unspecified atom stereocenters. The number of thiophene rings is 1. The number of carboxylic acids is 1. The maximum absolute atomic E-state index is 11.8. The molecular formula is C12H16BrNO3S. The molecule has 0 fully saturated rings. The van der Waals surface area contributed by atoms with Crippen LogP contribution in [0.5, 0.6) is 0 Å². The topological polar surface area (TPSA) is 66.4 Å². The van der Waals surface area contributed by atoms with Gasteiger partial charge in [0, 0.05) is 4.88 Å². The number of amides is 1. The lowest BCUT2D eigenvalue weighted by atomic mass is 9.99. The number of nitrogens with one attached hydrogen (secondary N) is 1. The van der Waals surface area contributed by atoms with Gasteiger partial charge >= 0.3 is 5.97 Å². The highest BCUT2D eigenvalue weighted by molar-refractivity contribution is 9.11. The van der Waals surface area contributed by atoms with Crippen LogP contribution in [0.1, 0.15) is 25.1 Å². The lowest BCUT2D eigenvalue weighted by Crippen LogP contribution is -2.45. The van der Waals surface area contributed by atoms with Gasteiger partial charge < -0.3 is 10.4 Å². The third-order valence-electron chi connectivity index (χ3n) is 2.76. The average Bonchev–Trinajstić information content (AvgIpc) is 2.70. The third kappa shape index (κ3) is 4.42. The van der Waals surface area contributed by atoms with Crippen LogP contribution < -0.4 is 5.32 Å². The summed E-state index contributed by atoms with van der Waals surface area (Å²) < 4.78 is 0.960. The van der Waals surface area contributed by atoms with Gasteiger partial charge in [-0.2, -0.15) is 0 Å². The minimum Gasteiger partial charge on any atom is -0.480 e. The molecule has 4 nitrogen and oxygen atoms in total. The van der Waals surface area contributed by atoms with Crippen LogP contribution in [0.3, 0.4) is 0 Å². The number of hydrogen-bond acceptors (Lipinski definition) is 3. The Morgan fingerprint density at radius 3 is 2.61 bits per heavy atom. The summed E-state index contributed by atoms with van der Waals surface area (Å²) >= 11 is 4.80. The number of carbonyl (C=O) groups is 2. The summed E-state index contributed by atoms with van der Waals surface area (Å²) in [6.45, 7) is 3.73. The van der Waals surface area contributed by atoms with Gasteiger partial charge in [0.1, 0.15) is 6.04 Å². The number of carboxylic acid groups (broad SMARTS) is 1. The van der Waals surface area contributed by atoms with Crippen LogP contribution in [0.25, 0.3) is 0 Å². The second-order valence-corrected chi connectivity index (χ2v) is 6.70. The molecule has 1 aromatic heterocycles. The van der Waals surface area contributed by atoms with E-state index in [0.717, 1.165) is 8.66 Å². The standard InChI is InChI=1S/C12H16BrNO3S/c1-3-7(2)11(12(16)17)14-10(15)6-8-4-5-9(13)18-8/h4-5,7,11H,3,6H2,1-2H3,(H,14,15)(H,16,17)/t7-,11-/m0/s1. The molecule has 1 amide bonds. The van der Waals surface area contributed by atoms with Gasteiger partial charge in [-0.25, -0.2) is 4.79 Å². The van der Waals surface area contributed by atoms with Gasteiger partial charge in [0.05, 0.1) is 10.2 Å². The monoisotopic (exact) mass is 333 g/mol. The first-order valence-corrected chi connectivity index (χ1v) is 7.31. The Balaban J connectivity index is 2.59. The zero-order valence-corrected chi connectivity index (χ0v) is 12.7. The van der Waals surface area contributed by atoms with E-state index in [9.17, 15) is 9.59 Å². The molecule has 0 aliphatic carbocycles. The van der Waals surface area contributed by atoms with E-state index in [1.165, 1.54) is 11.3 Å². The van der Waals surface area contributed by atoms with Crippen molar-refractivity contribution in [2.45, 2.75) is 32.7 Å². The number of halogens is 1. The van der Waals surface area contributed by atoms with Crippen molar-refractivity contribution >= 4 is 39.1 Å². The van der Waals surface area contributed by atoms with E-state index in [1.54, 1.807) is 0 Å². The van der Waals surface area contributed by atoms with Crippen LogP contribution in [0.15, 0.2) is 15.9 Å². The Hall–Kier alpha value is -0.880. The largest absolute Gasteiger partial charge is 0.480 e. The van der Waals surface area contributed by atoms with Gasteiger partial charge in [0.2, 0.25) is 5.91 Å². The number of carbonyl (C=O) groups excluding carboxylic acids is 1. The van der Waals surface area contributed by atoms with Crippen molar-refractivity contribution in [2.75, 3.05) is 0 Å². The molecule has 1 aromatic rings. The Morgan fingerprint density at radius 2 is 2.17 bits per heavy atom. The van der Waals surface area contributed by atoms with E-state index in [0.29, 0.717) is 6.42 Å². The summed E-state index contributed by atoms with van der Waals surface area (Å²) in [4.78, 5) is 23.8. The first kappa shape index (κ1) is 15.2. The molecule has 18 heavy (non-hydrogen) atoms. The molecule has 0 aliphatic heterocycles. The van der Waals surface area contributed by atoms with Crippen molar-refractivity contribution < 1.29 is 14.7 Å². The first-order chi connectivity index (χ1) is 8.43. The van der Waals surface area contributed by atoms with E-state index in [1.807, 2.05) is 26.0 Å². The van der Waals surface area contributed by atoms with E-state index >= 15 is 0 Å². The van der Waals surface area contributed by atoms with Gasteiger partial charge in [-0.1, -0.05) is 20.3 Å². The second-order valence-electron chi connectivity index (χ2n) is 4.15. The summed E-state index contributed by atoms with van der Waals surface area (Å²) in [5, 5.41) is 11.7. The van der Waals surface area contributed by atoms with Crippen LogP contribution in [0.2, 0.25) is 0 Å². The van der Waals surface area contributed by atoms with Gasteiger partial charge in [-0.05, 0) is 34.0 Å². The van der Waals surface area contributed by atoms with Crippen molar-refractivity contribution in [3.8, 4) is 0 Å². The fourth-order valence-corrected chi connectivity index (χ4v) is 2.99. The normalized spacial score (nSPS) is 13.9. The quantitative estimate of drug-likeness (QED) is 0.841. The fourth-order valence-electron chi connectivity index (χ4n) is 1.51. The maximum atomic E-state index is 11.8. The van der Waals surface area contributed by atoms with Crippen LogP contribution in [-0.2, 0) is 16.0 Å². The second kappa shape index (κ2) is 6.89. The molecule has 2 N–H and O–H groups in total. The summed E-state index contributed by atoms with van der Waals surface area (Å²) in [7, 11) is 0. The van der Waals surface area contributed by atoms with Crippen molar-refractivity contribution in [1.82, 2.24) is 5.32 Å². The van der Waals surface area contributed by atoms with Crippen LogP contribution in [0.4, 0.5) is 0 Å². The predicted molar refractivity (Wildman–Crippen MR) is 74.7 cm³/mol. The molecule has 0 radical (unpaired) electrons. The predicted octanol–water partition coefficient (Wildman–Crippen LogP) is 2.67. The minimum atomic E-state index is -0.981. The molecule has 2 atom stereocenters. The summed E-state index contributed by atoms with van der Waals surface area (Å²) in [6.07, 6.45) is 0.929. The van der Waals surface area contributed by atoms with Gasteiger partial charge in [-0.15, -0.1) is 11.3 Å². The molecule has 0 saturated carbocycles. The number of rotatable bonds is 6. The van der Waals surface area contributed by atoms with E-state index in [2.05, 4.69) is 21.2 Å².